The van der Waals surface area contributed by atoms with Gasteiger partial charge in [-0.15, -0.1) is 10.2 Å². The predicted molar refractivity (Wildman–Crippen MR) is 125 cm³/mol. The van der Waals surface area contributed by atoms with Gasteiger partial charge < -0.3 is 4.74 Å². The van der Waals surface area contributed by atoms with Crippen LogP contribution in [0.3, 0.4) is 0 Å². The molecule has 1 aromatic heterocycles. The van der Waals surface area contributed by atoms with E-state index in [0.29, 0.717) is 15.2 Å². The summed E-state index contributed by atoms with van der Waals surface area (Å²) in [7, 11) is -2.28. The standard InChI is InChI=1S/C19H19ClN4O4S3/c1-28-16-9-8-14(10-15(16)20)24(31(2,26)27)11-17(25)21-18-22-23-19(30-18)29-12-13-6-4-3-5-7-13/h3-10H,11-12H2,1-2H3,(H,21,22,25). The quantitative estimate of drug-likeness (QED) is 0.352. The number of nitrogens with zero attached hydrogens (tertiary/aromatic N) is 3. The van der Waals surface area contributed by atoms with Gasteiger partial charge in [0.15, 0.2) is 4.34 Å². The number of nitrogens with one attached hydrogen (secondary N) is 1. The average molecular weight is 499 g/mol. The van der Waals surface area contributed by atoms with Crippen molar-refractivity contribution >= 4 is 61.4 Å². The minimum atomic E-state index is -3.74. The number of thioether (sulfide) groups is 1. The van der Waals surface area contributed by atoms with Gasteiger partial charge in [-0.25, -0.2) is 8.42 Å². The molecular formula is C19H19ClN4O4S3. The van der Waals surface area contributed by atoms with Crippen molar-refractivity contribution in [2.75, 3.05) is 29.5 Å². The van der Waals surface area contributed by atoms with Crippen molar-refractivity contribution in [2.45, 2.75) is 10.1 Å². The summed E-state index contributed by atoms with van der Waals surface area (Å²) in [5, 5.41) is 11.1. The van der Waals surface area contributed by atoms with Gasteiger partial charge in [-0.05, 0) is 23.8 Å². The minimum absolute atomic E-state index is 0.235. The molecule has 0 atom stereocenters. The molecule has 0 aliphatic rings. The number of benzene rings is 2. The van der Waals surface area contributed by atoms with Crippen LogP contribution in [0.5, 0.6) is 5.75 Å². The molecule has 8 nitrogen and oxygen atoms in total. The molecule has 0 spiro atoms. The van der Waals surface area contributed by atoms with Crippen molar-refractivity contribution in [1.29, 1.82) is 0 Å². The first-order valence-electron chi connectivity index (χ1n) is 8.87. The summed E-state index contributed by atoms with van der Waals surface area (Å²) >= 11 is 8.82. The van der Waals surface area contributed by atoms with Gasteiger partial charge in [0.2, 0.25) is 21.1 Å². The third-order valence-corrected chi connectivity index (χ3v) is 7.45. The maximum atomic E-state index is 12.5. The van der Waals surface area contributed by atoms with E-state index in [9.17, 15) is 13.2 Å². The van der Waals surface area contributed by atoms with Crippen molar-refractivity contribution in [2.24, 2.45) is 0 Å². The van der Waals surface area contributed by atoms with Gasteiger partial charge in [-0.2, -0.15) is 0 Å². The molecule has 0 aliphatic heterocycles. The Morgan fingerprint density at radius 3 is 2.61 bits per heavy atom. The fourth-order valence-corrected chi connectivity index (χ4v) is 5.36. The monoisotopic (exact) mass is 498 g/mol. The fourth-order valence-electron chi connectivity index (χ4n) is 2.54. The lowest BCUT2D eigenvalue weighted by Crippen LogP contribution is -2.37. The largest absolute Gasteiger partial charge is 0.495 e. The van der Waals surface area contributed by atoms with Gasteiger partial charge >= 0.3 is 0 Å². The Morgan fingerprint density at radius 2 is 1.97 bits per heavy atom. The highest BCUT2D eigenvalue weighted by Gasteiger charge is 2.22. The number of hydrogen-bond donors (Lipinski definition) is 1. The maximum absolute atomic E-state index is 12.5. The molecule has 0 saturated carbocycles. The van der Waals surface area contributed by atoms with Crippen LogP contribution < -0.4 is 14.4 Å². The number of amides is 1. The van der Waals surface area contributed by atoms with Crippen LogP contribution in [0.25, 0.3) is 0 Å². The van der Waals surface area contributed by atoms with Crippen molar-refractivity contribution in [3.05, 3.63) is 59.1 Å². The van der Waals surface area contributed by atoms with Gasteiger partial charge in [-0.1, -0.05) is 65.0 Å². The molecule has 0 fully saturated rings. The lowest BCUT2D eigenvalue weighted by Gasteiger charge is -2.22. The summed E-state index contributed by atoms with van der Waals surface area (Å²) in [6.45, 7) is -0.437. The number of sulfonamides is 1. The lowest BCUT2D eigenvalue weighted by molar-refractivity contribution is -0.114. The lowest BCUT2D eigenvalue weighted by atomic mass is 10.2. The molecule has 0 aliphatic carbocycles. The molecule has 0 unspecified atom stereocenters. The fraction of sp³-hybridized carbons (Fsp3) is 0.211. The molecule has 3 aromatic rings. The third-order valence-electron chi connectivity index (χ3n) is 3.97. The first-order chi connectivity index (χ1) is 14.8. The first-order valence-corrected chi connectivity index (χ1v) is 12.9. The van der Waals surface area contributed by atoms with Crippen LogP contribution in [-0.4, -0.2) is 44.4 Å². The summed E-state index contributed by atoms with van der Waals surface area (Å²) in [5.41, 5.74) is 1.40. The van der Waals surface area contributed by atoms with Gasteiger partial charge in [0.1, 0.15) is 12.3 Å². The third kappa shape index (κ3) is 6.57. The maximum Gasteiger partial charge on any atom is 0.246 e. The molecule has 0 saturated heterocycles. The van der Waals surface area contributed by atoms with E-state index >= 15 is 0 Å². The summed E-state index contributed by atoms with van der Waals surface area (Å²) in [6.07, 6.45) is 1.02. The second-order valence-electron chi connectivity index (χ2n) is 6.28. The second-order valence-corrected chi connectivity index (χ2v) is 10.8. The number of methoxy groups -OCH3 is 1. The number of rotatable bonds is 9. The van der Waals surface area contributed by atoms with Gasteiger partial charge in [0, 0.05) is 5.75 Å². The minimum Gasteiger partial charge on any atom is -0.495 e. The van der Waals surface area contributed by atoms with E-state index in [-0.39, 0.29) is 10.7 Å². The molecule has 164 valence electrons. The number of carbonyl (C=O) groups is 1. The van der Waals surface area contributed by atoms with E-state index in [0.717, 1.165) is 21.9 Å². The van der Waals surface area contributed by atoms with Crippen LogP contribution in [0, 0.1) is 0 Å². The molecular weight excluding hydrogens is 480 g/mol. The number of carbonyl (C=O) groups excluding carboxylic acids is 1. The zero-order valence-electron chi connectivity index (χ0n) is 16.6. The number of halogens is 1. The van der Waals surface area contributed by atoms with E-state index in [2.05, 4.69) is 15.5 Å². The Bertz CT molecular complexity index is 1160. The van der Waals surface area contributed by atoms with Crippen LogP contribution in [0.15, 0.2) is 52.9 Å². The Balaban J connectivity index is 1.65. The van der Waals surface area contributed by atoms with Crippen molar-refractivity contribution < 1.29 is 17.9 Å². The molecule has 0 bridgehead atoms. The van der Waals surface area contributed by atoms with E-state index in [4.69, 9.17) is 16.3 Å². The Labute approximate surface area is 193 Å². The van der Waals surface area contributed by atoms with E-state index in [1.165, 1.54) is 48.4 Å². The smallest absolute Gasteiger partial charge is 0.246 e. The number of hydrogen-bond acceptors (Lipinski definition) is 8. The molecule has 2 aromatic carbocycles. The second kappa shape index (κ2) is 10.3. The zero-order valence-corrected chi connectivity index (χ0v) is 19.8. The summed E-state index contributed by atoms with van der Waals surface area (Å²) in [5.74, 6) is 0.578. The molecule has 31 heavy (non-hydrogen) atoms. The van der Waals surface area contributed by atoms with Crippen LogP contribution in [0.4, 0.5) is 10.8 Å². The van der Waals surface area contributed by atoms with Crippen molar-refractivity contribution in [3.63, 3.8) is 0 Å². The average Bonchev–Trinajstić information content (AvgIpc) is 3.17. The molecule has 12 heteroatoms. The molecule has 1 N–H and O–H groups in total. The van der Waals surface area contributed by atoms with E-state index < -0.39 is 22.5 Å². The number of anilines is 2. The zero-order chi connectivity index (χ0) is 22.4. The molecule has 0 radical (unpaired) electrons. The van der Waals surface area contributed by atoms with Crippen LogP contribution in [-0.2, 0) is 20.6 Å². The number of aromatic nitrogens is 2. The normalized spacial score (nSPS) is 11.2. The highest BCUT2D eigenvalue weighted by molar-refractivity contribution is 8.00. The summed E-state index contributed by atoms with van der Waals surface area (Å²) < 4.78 is 31.2. The predicted octanol–water partition coefficient (Wildman–Crippen LogP) is 3.90. The Kier molecular flexibility index (Phi) is 7.76. The molecule has 3 rings (SSSR count). The van der Waals surface area contributed by atoms with Crippen molar-refractivity contribution in [3.8, 4) is 5.75 Å². The molecule has 1 amide bonds. The van der Waals surface area contributed by atoms with Crippen LogP contribution in [0.2, 0.25) is 5.02 Å². The highest BCUT2D eigenvalue weighted by atomic mass is 35.5. The topological polar surface area (TPSA) is 101 Å². The van der Waals surface area contributed by atoms with Crippen LogP contribution >= 0.6 is 34.7 Å². The summed E-state index contributed by atoms with van der Waals surface area (Å²) in [4.78, 5) is 12.5. The van der Waals surface area contributed by atoms with E-state index in [1.807, 2.05) is 30.3 Å². The highest BCUT2D eigenvalue weighted by Crippen LogP contribution is 2.31. The van der Waals surface area contributed by atoms with E-state index in [1.54, 1.807) is 0 Å². The van der Waals surface area contributed by atoms with Crippen LogP contribution in [0.1, 0.15) is 5.56 Å². The first kappa shape index (κ1) is 23.3. The SMILES string of the molecule is COc1ccc(N(CC(=O)Nc2nnc(SCc3ccccc3)s2)S(C)(=O)=O)cc1Cl. The van der Waals surface area contributed by atoms with Crippen molar-refractivity contribution in [1.82, 2.24) is 10.2 Å². The Morgan fingerprint density at radius 1 is 1.23 bits per heavy atom. The summed E-state index contributed by atoms with van der Waals surface area (Å²) in [6, 6.07) is 14.4. The van der Waals surface area contributed by atoms with Gasteiger partial charge in [0.25, 0.3) is 0 Å². The van der Waals surface area contributed by atoms with Gasteiger partial charge in [-0.3, -0.25) is 14.4 Å². The number of ether oxygens (including phenoxy) is 1. The van der Waals surface area contributed by atoms with Gasteiger partial charge in [0.05, 0.1) is 24.1 Å². The Hall–Kier alpha value is -2.34. The molecule has 1 heterocycles.